The van der Waals surface area contributed by atoms with Crippen LogP contribution in [0.5, 0.6) is 0 Å². The first-order valence-electron chi connectivity index (χ1n) is 6.50. The fraction of sp³-hybridized carbons (Fsp3) is 0. The summed E-state index contributed by atoms with van der Waals surface area (Å²) in [7, 11) is 0. The number of rotatable bonds is 1. The summed E-state index contributed by atoms with van der Waals surface area (Å²) in [5.41, 5.74) is 1.59. The lowest BCUT2D eigenvalue weighted by molar-refractivity contribution is 0.568. The molecular weight excluding hydrogens is 415 g/mol. The third-order valence-electron chi connectivity index (χ3n) is 3.41. The number of halogens is 2. The number of aromatic nitrogens is 2. The average molecular weight is 423 g/mol. The Morgan fingerprint density at radius 1 is 1.14 bits per heavy atom. The average Bonchev–Trinajstić information content (AvgIpc) is 2.96. The molecule has 0 unspecified atom stereocenters. The Morgan fingerprint density at radius 3 is 2.68 bits per heavy atom. The van der Waals surface area contributed by atoms with Gasteiger partial charge in [0.2, 0.25) is 0 Å². The van der Waals surface area contributed by atoms with E-state index in [-0.39, 0.29) is 0 Å². The molecule has 0 bridgehead atoms. The lowest BCUT2D eigenvalue weighted by Crippen LogP contribution is -1.99. The Kier molecular flexibility index (Phi) is 3.19. The number of nitrogens with zero attached hydrogens (tertiary/aromatic N) is 2. The van der Waals surface area contributed by atoms with Gasteiger partial charge in [0.15, 0.2) is 5.58 Å². The Balaban J connectivity index is 2.13. The smallest absolute Gasteiger partial charge is 0.347 e. The lowest BCUT2D eigenvalue weighted by atomic mass is 10.2. The minimum Gasteiger partial charge on any atom is -0.421 e. The molecule has 0 spiro atoms. The van der Waals surface area contributed by atoms with Crippen LogP contribution >= 0.6 is 34.2 Å². The van der Waals surface area contributed by atoms with Crippen molar-refractivity contribution in [2.24, 2.45) is 0 Å². The molecule has 0 saturated heterocycles. The predicted molar refractivity (Wildman–Crippen MR) is 94.8 cm³/mol. The molecule has 0 aliphatic carbocycles. The number of para-hydroxylation sites is 1. The summed E-state index contributed by atoms with van der Waals surface area (Å²) in [4.78, 5) is 12.2. The van der Waals surface area contributed by atoms with Gasteiger partial charge in [-0.2, -0.15) is 5.10 Å². The van der Waals surface area contributed by atoms with Crippen molar-refractivity contribution in [2.45, 2.75) is 0 Å². The second kappa shape index (κ2) is 5.10. The van der Waals surface area contributed by atoms with E-state index >= 15 is 0 Å². The molecular formula is C16H8ClIN2O2. The van der Waals surface area contributed by atoms with Gasteiger partial charge in [-0.25, -0.2) is 9.48 Å². The highest BCUT2D eigenvalue weighted by atomic mass is 127. The maximum Gasteiger partial charge on any atom is 0.347 e. The molecule has 4 aromatic rings. The van der Waals surface area contributed by atoms with Crippen molar-refractivity contribution in [3.8, 4) is 5.69 Å². The van der Waals surface area contributed by atoms with Crippen molar-refractivity contribution >= 4 is 56.1 Å². The van der Waals surface area contributed by atoms with E-state index in [2.05, 4.69) is 27.7 Å². The van der Waals surface area contributed by atoms with E-state index in [1.165, 1.54) is 0 Å². The van der Waals surface area contributed by atoms with Crippen LogP contribution in [0.25, 0.3) is 27.6 Å². The number of hydrogen-bond acceptors (Lipinski definition) is 3. The van der Waals surface area contributed by atoms with Gasteiger partial charge in [-0.1, -0.05) is 29.8 Å². The van der Waals surface area contributed by atoms with Crippen LogP contribution < -0.4 is 5.63 Å². The largest absolute Gasteiger partial charge is 0.421 e. The first kappa shape index (κ1) is 13.8. The van der Waals surface area contributed by atoms with Gasteiger partial charge in [0.05, 0.1) is 9.26 Å². The van der Waals surface area contributed by atoms with Crippen LogP contribution in [-0.4, -0.2) is 9.78 Å². The van der Waals surface area contributed by atoms with E-state index in [0.717, 1.165) is 14.6 Å². The van der Waals surface area contributed by atoms with Crippen molar-refractivity contribution in [3.63, 3.8) is 0 Å². The predicted octanol–water partition coefficient (Wildman–Crippen LogP) is 4.39. The fourth-order valence-corrected chi connectivity index (χ4v) is 3.56. The third-order valence-corrected chi connectivity index (χ3v) is 4.43. The van der Waals surface area contributed by atoms with Gasteiger partial charge in [0.1, 0.15) is 10.9 Å². The summed E-state index contributed by atoms with van der Waals surface area (Å²) in [5, 5.41) is 6.31. The molecule has 0 aliphatic heterocycles. The van der Waals surface area contributed by atoms with E-state index in [1.807, 2.05) is 30.3 Å². The van der Waals surface area contributed by atoms with Crippen molar-refractivity contribution in [3.05, 3.63) is 67.7 Å². The van der Waals surface area contributed by atoms with Crippen LogP contribution in [0.3, 0.4) is 0 Å². The molecule has 0 atom stereocenters. The van der Waals surface area contributed by atoms with Gasteiger partial charge in [-0.15, -0.1) is 0 Å². The lowest BCUT2D eigenvalue weighted by Gasteiger charge is -2.01. The SMILES string of the molecule is O=c1oc2c(I)cc(Cl)cc2c2nn(-c3ccccc3)cc12. The Morgan fingerprint density at radius 2 is 1.91 bits per heavy atom. The van der Waals surface area contributed by atoms with E-state index in [4.69, 9.17) is 16.0 Å². The molecule has 0 N–H and O–H groups in total. The van der Waals surface area contributed by atoms with Gasteiger partial charge in [-0.3, -0.25) is 0 Å². The van der Waals surface area contributed by atoms with Crippen molar-refractivity contribution < 1.29 is 4.42 Å². The molecule has 108 valence electrons. The minimum absolute atomic E-state index is 0.398. The second-order valence-electron chi connectivity index (χ2n) is 4.83. The molecule has 0 radical (unpaired) electrons. The zero-order chi connectivity index (χ0) is 15.3. The van der Waals surface area contributed by atoms with Gasteiger partial charge >= 0.3 is 5.63 Å². The van der Waals surface area contributed by atoms with Gasteiger partial charge in [0, 0.05) is 16.6 Å². The van der Waals surface area contributed by atoms with Gasteiger partial charge < -0.3 is 4.42 Å². The summed E-state index contributed by atoms with van der Waals surface area (Å²) in [5.74, 6) is 0. The molecule has 0 aliphatic rings. The molecule has 22 heavy (non-hydrogen) atoms. The zero-order valence-electron chi connectivity index (χ0n) is 11.1. The molecule has 6 heteroatoms. The molecule has 0 saturated carbocycles. The molecule has 4 rings (SSSR count). The first-order valence-corrected chi connectivity index (χ1v) is 7.96. The Labute approximate surface area is 143 Å². The topological polar surface area (TPSA) is 48.0 Å². The highest BCUT2D eigenvalue weighted by Gasteiger charge is 2.15. The number of benzene rings is 2. The number of hydrogen-bond donors (Lipinski definition) is 0. The monoisotopic (exact) mass is 422 g/mol. The standard InChI is InChI=1S/C16H8ClIN2O2/c17-9-6-11-14-12(16(21)22-15(11)13(18)7-9)8-20(19-14)10-4-2-1-3-5-10/h1-8H. The summed E-state index contributed by atoms with van der Waals surface area (Å²) in [6, 6.07) is 13.1. The van der Waals surface area contributed by atoms with Gasteiger partial charge in [0.25, 0.3) is 0 Å². The van der Waals surface area contributed by atoms with Crippen molar-refractivity contribution in [2.75, 3.05) is 0 Å². The third kappa shape index (κ3) is 2.12. The molecule has 2 aromatic carbocycles. The van der Waals surface area contributed by atoms with E-state index < -0.39 is 5.63 Å². The van der Waals surface area contributed by atoms with Crippen molar-refractivity contribution in [1.82, 2.24) is 9.78 Å². The zero-order valence-corrected chi connectivity index (χ0v) is 14.0. The summed E-state index contributed by atoms with van der Waals surface area (Å²) < 4.78 is 7.90. The summed E-state index contributed by atoms with van der Waals surface area (Å²) in [6.45, 7) is 0. The summed E-state index contributed by atoms with van der Waals surface area (Å²) in [6.07, 6.45) is 1.68. The first-order chi connectivity index (χ1) is 10.6. The summed E-state index contributed by atoms with van der Waals surface area (Å²) >= 11 is 8.23. The maximum absolute atomic E-state index is 12.2. The maximum atomic E-state index is 12.2. The second-order valence-corrected chi connectivity index (χ2v) is 6.42. The molecule has 4 nitrogen and oxygen atoms in total. The van der Waals surface area contributed by atoms with Crippen molar-refractivity contribution in [1.29, 1.82) is 0 Å². The van der Waals surface area contributed by atoms with Crippen LogP contribution in [0, 0.1) is 3.57 Å². The molecule has 2 aromatic heterocycles. The quantitative estimate of drug-likeness (QED) is 0.338. The normalized spacial score (nSPS) is 11.4. The molecule has 2 heterocycles. The van der Waals surface area contributed by atoms with E-state index in [9.17, 15) is 4.79 Å². The van der Waals surface area contributed by atoms with Crippen LogP contribution in [-0.2, 0) is 0 Å². The molecule has 0 amide bonds. The van der Waals surface area contributed by atoms with Crippen LogP contribution in [0.1, 0.15) is 0 Å². The highest BCUT2D eigenvalue weighted by molar-refractivity contribution is 14.1. The fourth-order valence-electron chi connectivity index (χ4n) is 2.42. The van der Waals surface area contributed by atoms with Gasteiger partial charge in [-0.05, 0) is 46.9 Å². The highest BCUT2D eigenvalue weighted by Crippen LogP contribution is 2.29. The molecule has 0 fully saturated rings. The minimum atomic E-state index is -0.398. The van der Waals surface area contributed by atoms with Crippen LogP contribution in [0.4, 0.5) is 0 Å². The van der Waals surface area contributed by atoms with E-state index in [0.29, 0.717) is 21.5 Å². The van der Waals surface area contributed by atoms with E-state index in [1.54, 1.807) is 23.0 Å². The van der Waals surface area contributed by atoms with Crippen LogP contribution in [0.2, 0.25) is 5.02 Å². The van der Waals surface area contributed by atoms with Crippen LogP contribution in [0.15, 0.2) is 57.9 Å². The number of fused-ring (bicyclic) bond motifs is 3. The Hall–Kier alpha value is -1.86. The Bertz CT molecular complexity index is 1070.